The number of amides is 2. The SMILES string of the molecule is CC(CNC(=O)N[C@@H](CC(=O)O)C(=O)O)c1nccs1. The Morgan fingerprint density at radius 3 is 2.60 bits per heavy atom. The van der Waals surface area contributed by atoms with Gasteiger partial charge in [0.15, 0.2) is 0 Å². The highest BCUT2D eigenvalue weighted by Crippen LogP contribution is 2.16. The zero-order valence-corrected chi connectivity index (χ0v) is 11.5. The van der Waals surface area contributed by atoms with Gasteiger partial charge < -0.3 is 20.8 Å². The first-order chi connectivity index (χ1) is 9.40. The van der Waals surface area contributed by atoms with Crippen LogP contribution < -0.4 is 10.6 Å². The number of aromatic nitrogens is 1. The lowest BCUT2D eigenvalue weighted by molar-refractivity contribution is -0.145. The number of nitrogens with zero attached hydrogens (tertiary/aromatic N) is 1. The van der Waals surface area contributed by atoms with Crippen molar-refractivity contribution in [2.24, 2.45) is 0 Å². The number of rotatable bonds is 7. The molecule has 4 N–H and O–H groups in total. The van der Waals surface area contributed by atoms with E-state index in [1.807, 2.05) is 12.3 Å². The summed E-state index contributed by atoms with van der Waals surface area (Å²) in [5.74, 6) is -2.70. The third-order valence-electron chi connectivity index (χ3n) is 2.42. The van der Waals surface area contributed by atoms with Gasteiger partial charge in [-0.2, -0.15) is 0 Å². The van der Waals surface area contributed by atoms with Gasteiger partial charge in [-0.1, -0.05) is 6.92 Å². The molecule has 0 saturated heterocycles. The minimum atomic E-state index is -1.46. The Kier molecular flexibility index (Phi) is 5.91. The lowest BCUT2D eigenvalue weighted by Crippen LogP contribution is -2.47. The molecule has 0 radical (unpaired) electrons. The molecule has 1 aromatic rings. The van der Waals surface area contributed by atoms with E-state index in [0.717, 1.165) is 5.01 Å². The third kappa shape index (κ3) is 5.22. The number of carbonyl (C=O) groups is 3. The molecule has 0 saturated carbocycles. The van der Waals surface area contributed by atoms with Gasteiger partial charge in [0.1, 0.15) is 6.04 Å². The molecule has 2 amide bonds. The van der Waals surface area contributed by atoms with Crippen LogP contribution in [0.5, 0.6) is 0 Å². The maximum absolute atomic E-state index is 11.5. The molecule has 0 fully saturated rings. The second-order valence-electron chi connectivity index (χ2n) is 4.11. The van der Waals surface area contributed by atoms with E-state index in [1.54, 1.807) is 6.20 Å². The summed E-state index contributed by atoms with van der Waals surface area (Å²) in [6.07, 6.45) is 0.981. The maximum atomic E-state index is 11.5. The van der Waals surface area contributed by atoms with Crippen LogP contribution in [0.15, 0.2) is 11.6 Å². The molecule has 1 unspecified atom stereocenters. The molecular formula is C11H15N3O5S. The summed E-state index contributed by atoms with van der Waals surface area (Å²) in [5.41, 5.74) is 0. The molecule has 0 aliphatic heterocycles. The first-order valence-corrected chi connectivity index (χ1v) is 6.66. The average molecular weight is 301 g/mol. The predicted molar refractivity (Wildman–Crippen MR) is 70.7 cm³/mol. The Morgan fingerprint density at radius 1 is 1.40 bits per heavy atom. The number of nitrogens with one attached hydrogen (secondary N) is 2. The number of urea groups is 1. The Bertz CT molecular complexity index is 476. The van der Waals surface area contributed by atoms with E-state index in [0.29, 0.717) is 0 Å². The highest BCUT2D eigenvalue weighted by Gasteiger charge is 2.23. The molecule has 110 valence electrons. The van der Waals surface area contributed by atoms with Gasteiger partial charge in [0, 0.05) is 24.0 Å². The van der Waals surface area contributed by atoms with Gasteiger partial charge in [-0.3, -0.25) is 4.79 Å². The molecule has 1 aromatic heterocycles. The summed E-state index contributed by atoms with van der Waals surface area (Å²) in [6, 6.07) is -2.18. The summed E-state index contributed by atoms with van der Waals surface area (Å²) in [7, 11) is 0. The molecule has 0 bridgehead atoms. The average Bonchev–Trinajstić information content (AvgIpc) is 2.88. The van der Waals surface area contributed by atoms with Crippen molar-refractivity contribution in [2.45, 2.75) is 25.3 Å². The van der Waals surface area contributed by atoms with E-state index in [9.17, 15) is 14.4 Å². The molecule has 0 aromatic carbocycles. The maximum Gasteiger partial charge on any atom is 0.326 e. The van der Waals surface area contributed by atoms with Crippen LogP contribution in [-0.2, 0) is 9.59 Å². The van der Waals surface area contributed by atoms with Crippen molar-refractivity contribution in [3.05, 3.63) is 16.6 Å². The van der Waals surface area contributed by atoms with Gasteiger partial charge in [-0.15, -0.1) is 11.3 Å². The van der Waals surface area contributed by atoms with Gasteiger partial charge in [-0.05, 0) is 0 Å². The number of thiazole rings is 1. The Labute approximate surface area is 118 Å². The second kappa shape index (κ2) is 7.43. The Balaban J connectivity index is 2.42. The van der Waals surface area contributed by atoms with Crippen LogP contribution in [0.3, 0.4) is 0 Å². The standard InChI is InChI=1S/C11H15N3O5S/c1-6(9-12-2-3-20-9)5-13-11(19)14-7(10(17)18)4-8(15)16/h2-3,6-7H,4-5H2,1H3,(H,15,16)(H,17,18)(H2,13,14,19)/t6?,7-/m0/s1. The van der Waals surface area contributed by atoms with Gasteiger partial charge in [0.2, 0.25) is 0 Å². The number of carbonyl (C=O) groups excluding carboxylic acids is 1. The first-order valence-electron chi connectivity index (χ1n) is 5.78. The number of carboxylic acid groups (broad SMARTS) is 2. The molecule has 2 atom stereocenters. The molecule has 1 heterocycles. The van der Waals surface area contributed by atoms with Crippen LogP contribution in [0.4, 0.5) is 4.79 Å². The lowest BCUT2D eigenvalue weighted by atomic mass is 10.2. The lowest BCUT2D eigenvalue weighted by Gasteiger charge is -2.15. The second-order valence-corrected chi connectivity index (χ2v) is 5.04. The third-order valence-corrected chi connectivity index (χ3v) is 3.43. The molecule has 0 aliphatic carbocycles. The normalized spacial score (nSPS) is 13.2. The van der Waals surface area contributed by atoms with Gasteiger partial charge >= 0.3 is 18.0 Å². The van der Waals surface area contributed by atoms with Crippen LogP contribution in [0.25, 0.3) is 0 Å². The zero-order valence-electron chi connectivity index (χ0n) is 10.7. The van der Waals surface area contributed by atoms with Crippen molar-refractivity contribution in [1.82, 2.24) is 15.6 Å². The number of carboxylic acids is 2. The topological polar surface area (TPSA) is 129 Å². The number of hydrogen-bond acceptors (Lipinski definition) is 5. The summed E-state index contributed by atoms with van der Waals surface area (Å²) in [5, 5.41) is 24.6. The molecule has 20 heavy (non-hydrogen) atoms. The first kappa shape index (κ1) is 15.9. The molecule has 0 spiro atoms. The van der Waals surface area contributed by atoms with E-state index in [4.69, 9.17) is 10.2 Å². The number of hydrogen-bond donors (Lipinski definition) is 4. The van der Waals surface area contributed by atoms with Crippen LogP contribution in [0, 0.1) is 0 Å². The highest BCUT2D eigenvalue weighted by molar-refractivity contribution is 7.09. The molecule has 0 aliphatic rings. The zero-order chi connectivity index (χ0) is 15.1. The van der Waals surface area contributed by atoms with Crippen molar-refractivity contribution in [2.75, 3.05) is 6.54 Å². The van der Waals surface area contributed by atoms with Gasteiger partial charge in [0.25, 0.3) is 0 Å². The van der Waals surface area contributed by atoms with Crippen LogP contribution in [-0.4, -0.2) is 45.8 Å². The van der Waals surface area contributed by atoms with Crippen molar-refractivity contribution in [1.29, 1.82) is 0 Å². The summed E-state index contributed by atoms with van der Waals surface area (Å²) in [6.45, 7) is 2.14. The minimum Gasteiger partial charge on any atom is -0.481 e. The summed E-state index contributed by atoms with van der Waals surface area (Å²) < 4.78 is 0. The number of aliphatic carboxylic acids is 2. The van der Waals surface area contributed by atoms with Crippen molar-refractivity contribution >= 4 is 29.3 Å². The highest BCUT2D eigenvalue weighted by atomic mass is 32.1. The van der Waals surface area contributed by atoms with Crippen LogP contribution in [0.1, 0.15) is 24.3 Å². The van der Waals surface area contributed by atoms with Crippen molar-refractivity contribution in [3.8, 4) is 0 Å². The van der Waals surface area contributed by atoms with Gasteiger partial charge in [-0.25, -0.2) is 14.6 Å². The van der Waals surface area contributed by atoms with E-state index < -0.39 is 30.4 Å². The van der Waals surface area contributed by atoms with E-state index in [2.05, 4.69) is 15.6 Å². The molecular weight excluding hydrogens is 286 g/mol. The molecule has 1 rings (SSSR count). The van der Waals surface area contributed by atoms with E-state index >= 15 is 0 Å². The molecule has 9 heteroatoms. The largest absolute Gasteiger partial charge is 0.481 e. The van der Waals surface area contributed by atoms with Crippen molar-refractivity contribution in [3.63, 3.8) is 0 Å². The molecule has 8 nitrogen and oxygen atoms in total. The fourth-order valence-corrected chi connectivity index (χ4v) is 2.09. The Hall–Kier alpha value is -2.16. The quantitative estimate of drug-likeness (QED) is 0.579. The van der Waals surface area contributed by atoms with Crippen LogP contribution in [0.2, 0.25) is 0 Å². The summed E-state index contributed by atoms with van der Waals surface area (Å²) >= 11 is 1.46. The fraction of sp³-hybridized carbons (Fsp3) is 0.455. The van der Waals surface area contributed by atoms with Gasteiger partial charge in [0.05, 0.1) is 11.4 Å². The monoisotopic (exact) mass is 301 g/mol. The van der Waals surface area contributed by atoms with Crippen LogP contribution >= 0.6 is 11.3 Å². The predicted octanol–water partition coefficient (Wildman–Crippen LogP) is 0.474. The summed E-state index contributed by atoms with van der Waals surface area (Å²) in [4.78, 5) is 36.9. The minimum absolute atomic E-state index is 0.0106. The Morgan fingerprint density at radius 2 is 2.10 bits per heavy atom. The van der Waals surface area contributed by atoms with E-state index in [-0.39, 0.29) is 12.5 Å². The van der Waals surface area contributed by atoms with E-state index in [1.165, 1.54) is 11.3 Å². The van der Waals surface area contributed by atoms with Crippen molar-refractivity contribution < 1.29 is 24.6 Å². The smallest absolute Gasteiger partial charge is 0.326 e. The fourth-order valence-electron chi connectivity index (χ4n) is 1.39.